The zero-order valence-corrected chi connectivity index (χ0v) is 10.1. The van der Waals surface area contributed by atoms with Crippen molar-refractivity contribution in [2.45, 2.75) is 32.3 Å². The van der Waals surface area contributed by atoms with E-state index in [1.54, 1.807) is 0 Å². The van der Waals surface area contributed by atoms with Gasteiger partial charge in [-0.1, -0.05) is 12.8 Å². The molecular weight excluding hydrogens is 220 g/mol. The summed E-state index contributed by atoms with van der Waals surface area (Å²) in [5.74, 6) is 1.22. The van der Waals surface area contributed by atoms with Crippen molar-refractivity contribution in [1.29, 1.82) is 0 Å². The van der Waals surface area contributed by atoms with E-state index in [0.29, 0.717) is 31.6 Å². The molecule has 17 heavy (non-hydrogen) atoms. The Hall–Kier alpha value is -1.14. The van der Waals surface area contributed by atoms with Crippen LogP contribution in [0, 0.1) is 0 Å². The van der Waals surface area contributed by atoms with Gasteiger partial charge in [0.05, 0.1) is 6.61 Å². The summed E-state index contributed by atoms with van der Waals surface area (Å²) in [6, 6.07) is 0. The van der Waals surface area contributed by atoms with Gasteiger partial charge < -0.3 is 19.9 Å². The Bertz CT molecular complexity index is 321. The van der Waals surface area contributed by atoms with E-state index in [0.717, 1.165) is 13.1 Å². The molecule has 0 radical (unpaired) electrons. The second kappa shape index (κ2) is 6.56. The Morgan fingerprint density at radius 1 is 1.24 bits per heavy atom. The van der Waals surface area contributed by atoms with E-state index in [1.165, 1.54) is 25.7 Å². The number of hydrogen-bond donors (Lipinski definition) is 1. The molecule has 0 saturated carbocycles. The molecule has 1 aromatic heterocycles. The van der Waals surface area contributed by atoms with Gasteiger partial charge in [-0.15, -0.1) is 0 Å². The summed E-state index contributed by atoms with van der Waals surface area (Å²) in [5.41, 5.74) is 5.33. The summed E-state index contributed by atoms with van der Waals surface area (Å²) in [5, 5.41) is 3.99. The third kappa shape index (κ3) is 3.67. The van der Waals surface area contributed by atoms with Crippen molar-refractivity contribution < 1.29 is 9.26 Å². The molecule has 2 rings (SSSR count). The zero-order valence-electron chi connectivity index (χ0n) is 10.1. The average Bonchev–Trinajstić information content (AvgIpc) is 2.64. The van der Waals surface area contributed by atoms with Crippen LogP contribution in [0.1, 0.15) is 31.6 Å². The number of aromatic nitrogens is 2. The molecule has 6 heteroatoms. The molecular formula is C11H20N4O2. The summed E-state index contributed by atoms with van der Waals surface area (Å²) in [6.45, 7) is 3.40. The third-order valence-corrected chi connectivity index (χ3v) is 2.83. The predicted molar refractivity (Wildman–Crippen MR) is 63.7 cm³/mol. The van der Waals surface area contributed by atoms with E-state index in [-0.39, 0.29) is 0 Å². The third-order valence-electron chi connectivity index (χ3n) is 2.83. The molecule has 1 saturated heterocycles. The maximum absolute atomic E-state index is 5.33. The molecule has 6 nitrogen and oxygen atoms in total. The van der Waals surface area contributed by atoms with Crippen LogP contribution in [-0.4, -0.2) is 36.4 Å². The normalized spacial score (nSPS) is 17.1. The lowest BCUT2D eigenvalue weighted by Crippen LogP contribution is -2.25. The molecule has 1 aliphatic heterocycles. The average molecular weight is 240 g/mol. The van der Waals surface area contributed by atoms with Gasteiger partial charge in [-0.2, -0.15) is 4.98 Å². The monoisotopic (exact) mass is 240 g/mol. The lowest BCUT2D eigenvalue weighted by Gasteiger charge is -2.16. The molecule has 96 valence electrons. The highest BCUT2D eigenvalue weighted by Crippen LogP contribution is 2.16. The smallest absolute Gasteiger partial charge is 0.266 e. The highest BCUT2D eigenvalue weighted by Gasteiger charge is 2.15. The van der Waals surface area contributed by atoms with E-state index < -0.39 is 0 Å². The van der Waals surface area contributed by atoms with Crippen molar-refractivity contribution in [3.05, 3.63) is 5.89 Å². The maximum Gasteiger partial charge on any atom is 0.266 e. The Kier molecular flexibility index (Phi) is 4.75. The minimum atomic E-state index is 0.345. The fourth-order valence-corrected chi connectivity index (χ4v) is 1.95. The van der Waals surface area contributed by atoms with Crippen LogP contribution in [0.15, 0.2) is 4.52 Å². The summed E-state index contributed by atoms with van der Waals surface area (Å²) >= 11 is 0. The van der Waals surface area contributed by atoms with E-state index in [1.807, 2.05) is 0 Å². The highest BCUT2D eigenvalue weighted by atomic mass is 16.5. The Morgan fingerprint density at radius 2 is 2.00 bits per heavy atom. The van der Waals surface area contributed by atoms with Gasteiger partial charge in [-0.3, -0.25) is 0 Å². The number of rotatable bonds is 5. The zero-order chi connectivity index (χ0) is 11.9. The van der Waals surface area contributed by atoms with Crippen molar-refractivity contribution in [1.82, 2.24) is 10.1 Å². The number of ether oxygens (including phenoxy) is 1. The maximum atomic E-state index is 5.33. The van der Waals surface area contributed by atoms with Crippen LogP contribution in [0.5, 0.6) is 0 Å². The van der Waals surface area contributed by atoms with Gasteiger partial charge >= 0.3 is 0 Å². The van der Waals surface area contributed by atoms with E-state index in [2.05, 4.69) is 15.0 Å². The quantitative estimate of drug-likeness (QED) is 0.771. The van der Waals surface area contributed by atoms with Crippen molar-refractivity contribution in [2.24, 2.45) is 5.73 Å². The molecule has 2 heterocycles. The van der Waals surface area contributed by atoms with Crippen LogP contribution in [-0.2, 0) is 11.3 Å². The first-order valence-electron chi connectivity index (χ1n) is 6.25. The Balaban J connectivity index is 1.87. The number of nitrogens with zero attached hydrogens (tertiary/aromatic N) is 3. The van der Waals surface area contributed by atoms with Crippen LogP contribution in [0.2, 0.25) is 0 Å². The van der Waals surface area contributed by atoms with Crippen LogP contribution in [0.4, 0.5) is 5.95 Å². The molecule has 0 bridgehead atoms. The van der Waals surface area contributed by atoms with Crippen LogP contribution in [0.25, 0.3) is 0 Å². The SMILES string of the molecule is NCCOCc1nc(N2CCCCCC2)no1. The minimum absolute atomic E-state index is 0.345. The largest absolute Gasteiger partial charge is 0.370 e. The van der Waals surface area contributed by atoms with Gasteiger partial charge in [0, 0.05) is 19.6 Å². The van der Waals surface area contributed by atoms with E-state index >= 15 is 0 Å². The number of hydrogen-bond acceptors (Lipinski definition) is 6. The molecule has 0 atom stereocenters. The fraction of sp³-hybridized carbons (Fsp3) is 0.818. The number of anilines is 1. The van der Waals surface area contributed by atoms with E-state index in [9.17, 15) is 0 Å². The molecule has 0 amide bonds. The minimum Gasteiger partial charge on any atom is -0.370 e. The first-order valence-corrected chi connectivity index (χ1v) is 6.25. The van der Waals surface area contributed by atoms with Crippen LogP contribution >= 0.6 is 0 Å². The molecule has 0 unspecified atom stereocenters. The van der Waals surface area contributed by atoms with Crippen LogP contribution < -0.4 is 10.6 Å². The summed E-state index contributed by atoms with van der Waals surface area (Å²) in [7, 11) is 0. The van der Waals surface area contributed by atoms with Crippen molar-refractivity contribution >= 4 is 5.95 Å². The summed E-state index contributed by atoms with van der Waals surface area (Å²) in [4.78, 5) is 6.51. The Morgan fingerprint density at radius 3 is 2.71 bits per heavy atom. The Labute approximate surface area is 101 Å². The topological polar surface area (TPSA) is 77.4 Å². The van der Waals surface area contributed by atoms with E-state index in [4.69, 9.17) is 15.0 Å². The second-order valence-electron chi connectivity index (χ2n) is 4.23. The van der Waals surface area contributed by atoms with Crippen molar-refractivity contribution in [2.75, 3.05) is 31.1 Å². The molecule has 1 fully saturated rings. The summed E-state index contributed by atoms with van der Waals surface area (Å²) in [6.07, 6.45) is 4.99. The lowest BCUT2D eigenvalue weighted by atomic mass is 10.2. The van der Waals surface area contributed by atoms with Gasteiger partial charge in [0.2, 0.25) is 0 Å². The van der Waals surface area contributed by atoms with Crippen LogP contribution in [0.3, 0.4) is 0 Å². The second-order valence-corrected chi connectivity index (χ2v) is 4.23. The first-order chi connectivity index (χ1) is 8.40. The molecule has 1 aliphatic rings. The molecule has 2 N–H and O–H groups in total. The summed E-state index contributed by atoms with van der Waals surface area (Å²) < 4.78 is 10.4. The first kappa shape index (κ1) is 12.3. The van der Waals surface area contributed by atoms with Gasteiger partial charge in [0.15, 0.2) is 0 Å². The van der Waals surface area contributed by atoms with Gasteiger partial charge in [0.1, 0.15) is 6.61 Å². The number of nitrogens with two attached hydrogens (primary N) is 1. The molecule has 1 aromatic rings. The molecule has 0 aromatic carbocycles. The molecule has 0 aliphatic carbocycles. The van der Waals surface area contributed by atoms with Gasteiger partial charge in [-0.05, 0) is 18.0 Å². The predicted octanol–water partition coefficient (Wildman–Crippen LogP) is 0.925. The van der Waals surface area contributed by atoms with Crippen molar-refractivity contribution in [3.63, 3.8) is 0 Å². The van der Waals surface area contributed by atoms with Crippen molar-refractivity contribution in [3.8, 4) is 0 Å². The standard InChI is InChI=1S/C11H20N4O2/c12-5-8-16-9-10-13-11(14-17-10)15-6-3-1-2-4-7-15/h1-9,12H2. The lowest BCUT2D eigenvalue weighted by molar-refractivity contribution is 0.104. The van der Waals surface area contributed by atoms with Gasteiger partial charge in [0.25, 0.3) is 11.8 Å². The highest BCUT2D eigenvalue weighted by molar-refractivity contribution is 5.27. The fourth-order valence-electron chi connectivity index (χ4n) is 1.95. The van der Waals surface area contributed by atoms with Gasteiger partial charge in [-0.25, -0.2) is 0 Å². The molecule has 0 spiro atoms.